The number of benzene rings is 2. The summed E-state index contributed by atoms with van der Waals surface area (Å²) in [6.45, 7) is 4.58. The van der Waals surface area contributed by atoms with E-state index in [1.807, 2.05) is 6.07 Å². The van der Waals surface area contributed by atoms with Gasteiger partial charge in [0.25, 0.3) is 0 Å². The summed E-state index contributed by atoms with van der Waals surface area (Å²) in [6, 6.07) is 10.6. The molecule has 4 rings (SSSR count). The van der Waals surface area contributed by atoms with Crippen molar-refractivity contribution in [3.8, 4) is 10.6 Å². The van der Waals surface area contributed by atoms with Gasteiger partial charge in [-0.25, -0.2) is 4.98 Å². The Kier molecular flexibility index (Phi) is 13.1. The van der Waals surface area contributed by atoms with Crippen molar-refractivity contribution < 1.29 is 0 Å². The first-order chi connectivity index (χ1) is 19.2. The fourth-order valence-electron chi connectivity index (χ4n) is 6.09. The molecule has 1 aromatic rings. The number of unbranched alkanes of at least 4 members (excludes halogenated alkanes) is 15. The standard InChI is InChI=1S/C35H52N2OS/c1-2-3-4-5-6-7-8-9-10-11-12-13-14-15-16-18-21-29-26-32-35(28-33(29)38)39-34-27-30(22-23-31(34)36-32)37-24-19-17-20-25-37/h22-23,26-28H,2-21,24-25H2,1H3. The molecule has 2 heterocycles. The molecule has 0 amide bonds. The lowest BCUT2D eigenvalue weighted by molar-refractivity contribution is 0.529. The van der Waals surface area contributed by atoms with E-state index in [2.05, 4.69) is 36.1 Å². The minimum atomic E-state index is 0.188. The van der Waals surface area contributed by atoms with Crippen LogP contribution in [0, 0.1) is 0 Å². The van der Waals surface area contributed by atoms with Crippen molar-refractivity contribution in [1.82, 2.24) is 4.98 Å². The summed E-state index contributed by atoms with van der Waals surface area (Å²) in [5.74, 6) is 0. The molecule has 1 saturated heterocycles. The van der Waals surface area contributed by atoms with Gasteiger partial charge in [-0.05, 0) is 56.4 Å². The van der Waals surface area contributed by atoms with Crippen LogP contribution in [-0.4, -0.2) is 18.1 Å². The molecule has 3 aliphatic rings. The zero-order chi connectivity index (χ0) is 27.1. The van der Waals surface area contributed by atoms with Crippen LogP contribution in [-0.2, 0) is 6.42 Å². The summed E-state index contributed by atoms with van der Waals surface area (Å²) in [4.78, 5) is 21.3. The predicted molar refractivity (Wildman–Crippen MR) is 172 cm³/mol. The smallest absolute Gasteiger partial charge is 0.183 e. The van der Waals surface area contributed by atoms with E-state index >= 15 is 0 Å². The Labute approximate surface area is 241 Å². The molecule has 214 valence electrons. The molecule has 4 heteroatoms. The van der Waals surface area contributed by atoms with Gasteiger partial charge in [-0.1, -0.05) is 103 Å². The molecule has 0 aromatic heterocycles. The van der Waals surface area contributed by atoms with Gasteiger partial charge in [-0.3, -0.25) is 4.79 Å². The minimum Gasteiger partial charge on any atom is -0.371 e. The number of hydrogen-bond donors (Lipinski definition) is 0. The lowest BCUT2D eigenvalue weighted by atomic mass is 10.0. The molecule has 0 bridgehead atoms. The minimum absolute atomic E-state index is 0.188. The van der Waals surface area contributed by atoms with Crippen molar-refractivity contribution in [2.24, 2.45) is 0 Å². The molecular formula is C35H52N2OS. The van der Waals surface area contributed by atoms with Crippen LogP contribution in [0.1, 0.15) is 134 Å². The van der Waals surface area contributed by atoms with Gasteiger partial charge in [-0.2, -0.15) is 0 Å². The van der Waals surface area contributed by atoms with Crippen LogP contribution in [0.5, 0.6) is 0 Å². The molecule has 0 spiro atoms. The van der Waals surface area contributed by atoms with Crippen molar-refractivity contribution in [3.05, 3.63) is 46.1 Å². The maximum Gasteiger partial charge on any atom is 0.183 e. The molecule has 0 atom stereocenters. The number of aryl methyl sites for hydroxylation is 1. The van der Waals surface area contributed by atoms with Gasteiger partial charge in [0.2, 0.25) is 0 Å². The van der Waals surface area contributed by atoms with Crippen molar-refractivity contribution in [1.29, 1.82) is 0 Å². The molecule has 1 aromatic carbocycles. The monoisotopic (exact) mass is 548 g/mol. The molecular weight excluding hydrogens is 496 g/mol. The van der Waals surface area contributed by atoms with Gasteiger partial charge in [0, 0.05) is 30.4 Å². The van der Waals surface area contributed by atoms with Crippen molar-refractivity contribution in [2.75, 3.05) is 18.0 Å². The Morgan fingerprint density at radius 3 is 1.92 bits per heavy atom. The Bertz CT molecular complexity index is 1130. The van der Waals surface area contributed by atoms with E-state index in [0.29, 0.717) is 0 Å². The average molecular weight is 549 g/mol. The van der Waals surface area contributed by atoms with Crippen molar-refractivity contribution in [3.63, 3.8) is 0 Å². The Morgan fingerprint density at radius 1 is 0.718 bits per heavy atom. The van der Waals surface area contributed by atoms with Gasteiger partial charge >= 0.3 is 0 Å². The summed E-state index contributed by atoms with van der Waals surface area (Å²) in [6.07, 6.45) is 26.7. The van der Waals surface area contributed by atoms with E-state index in [-0.39, 0.29) is 5.43 Å². The number of nitrogens with zero attached hydrogens (tertiary/aromatic N) is 2. The normalized spacial score (nSPS) is 14.0. The van der Waals surface area contributed by atoms with Gasteiger partial charge in [0.15, 0.2) is 5.43 Å². The second kappa shape index (κ2) is 17.0. The highest BCUT2D eigenvalue weighted by atomic mass is 32.1. The summed E-state index contributed by atoms with van der Waals surface area (Å²) in [5, 5.41) is 0. The SMILES string of the molecule is CCCCCCCCCCCCCCCCCCc1cc2nc3ccc(N4CCCCC4)cc3sc-2cc1=O. The van der Waals surface area contributed by atoms with Gasteiger partial charge in [0.1, 0.15) is 0 Å². The quantitative estimate of drug-likeness (QED) is 0.117. The molecule has 2 aliphatic heterocycles. The number of aromatic nitrogens is 1. The second-order valence-corrected chi connectivity index (χ2v) is 13.0. The molecule has 0 N–H and O–H groups in total. The van der Waals surface area contributed by atoms with E-state index in [9.17, 15) is 4.79 Å². The van der Waals surface area contributed by atoms with Crippen LogP contribution >= 0.6 is 11.3 Å². The predicted octanol–water partition coefficient (Wildman–Crippen LogP) is 10.6. The van der Waals surface area contributed by atoms with Crippen LogP contribution < -0.4 is 10.3 Å². The summed E-state index contributed by atoms with van der Waals surface area (Å²) >= 11 is 1.71. The maximum atomic E-state index is 12.8. The lowest BCUT2D eigenvalue weighted by Gasteiger charge is -2.28. The van der Waals surface area contributed by atoms with Crippen LogP contribution in [0.3, 0.4) is 0 Å². The molecule has 39 heavy (non-hydrogen) atoms. The third-order valence-corrected chi connectivity index (χ3v) is 9.66. The Morgan fingerprint density at radius 2 is 1.31 bits per heavy atom. The maximum absolute atomic E-state index is 12.8. The first kappa shape index (κ1) is 30.0. The highest BCUT2D eigenvalue weighted by molar-refractivity contribution is 7.21. The number of piperidine rings is 1. The van der Waals surface area contributed by atoms with Gasteiger partial charge in [0.05, 0.1) is 20.8 Å². The van der Waals surface area contributed by atoms with E-state index in [0.717, 1.165) is 47.6 Å². The second-order valence-electron chi connectivity index (χ2n) is 11.9. The zero-order valence-corrected chi connectivity index (χ0v) is 25.5. The number of fused-ring (bicyclic) bond motifs is 2. The van der Waals surface area contributed by atoms with Gasteiger partial charge in [-0.15, -0.1) is 11.3 Å². The Hall–Kier alpha value is -1.94. The number of anilines is 1. The van der Waals surface area contributed by atoms with E-state index < -0.39 is 0 Å². The highest BCUT2D eigenvalue weighted by Crippen LogP contribution is 2.33. The molecule has 1 fully saturated rings. The fourth-order valence-corrected chi connectivity index (χ4v) is 7.10. The molecule has 0 saturated carbocycles. The number of hydrogen-bond acceptors (Lipinski definition) is 4. The fraction of sp³-hybridized carbons (Fsp3) is 0.657. The van der Waals surface area contributed by atoms with Crippen molar-refractivity contribution in [2.45, 2.75) is 135 Å². The average Bonchev–Trinajstić information content (AvgIpc) is 2.96. The van der Waals surface area contributed by atoms with Crippen LogP contribution in [0.4, 0.5) is 5.69 Å². The third-order valence-electron chi connectivity index (χ3n) is 8.57. The number of rotatable bonds is 18. The van der Waals surface area contributed by atoms with Crippen LogP contribution in [0.15, 0.2) is 35.1 Å². The first-order valence-corrected chi connectivity index (χ1v) is 17.2. The van der Waals surface area contributed by atoms with Gasteiger partial charge < -0.3 is 4.90 Å². The topological polar surface area (TPSA) is 33.2 Å². The zero-order valence-electron chi connectivity index (χ0n) is 24.7. The summed E-state index contributed by atoms with van der Waals surface area (Å²) < 4.78 is 1.18. The molecule has 0 radical (unpaired) electrons. The van der Waals surface area contributed by atoms with Crippen LogP contribution in [0.25, 0.3) is 20.8 Å². The van der Waals surface area contributed by atoms with E-state index in [1.54, 1.807) is 11.3 Å². The first-order valence-electron chi connectivity index (χ1n) is 16.4. The van der Waals surface area contributed by atoms with E-state index in [4.69, 9.17) is 4.98 Å². The van der Waals surface area contributed by atoms with E-state index in [1.165, 1.54) is 126 Å². The van der Waals surface area contributed by atoms with Crippen molar-refractivity contribution >= 4 is 27.2 Å². The Balaban J connectivity index is 1.12. The molecule has 3 nitrogen and oxygen atoms in total. The lowest BCUT2D eigenvalue weighted by Crippen LogP contribution is -2.29. The molecule has 1 aliphatic carbocycles. The summed E-state index contributed by atoms with van der Waals surface area (Å²) in [5.41, 5.74) is 4.44. The summed E-state index contributed by atoms with van der Waals surface area (Å²) in [7, 11) is 0. The molecule has 0 unspecified atom stereocenters. The highest BCUT2D eigenvalue weighted by Gasteiger charge is 2.15. The van der Waals surface area contributed by atoms with Crippen LogP contribution in [0.2, 0.25) is 0 Å². The largest absolute Gasteiger partial charge is 0.371 e. The third kappa shape index (κ3) is 9.88.